The number of nitrogens with zero attached hydrogens (tertiary/aromatic N) is 2. The lowest BCUT2D eigenvalue weighted by atomic mass is 10.1. The van der Waals surface area contributed by atoms with E-state index in [9.17, 15) is 13.2 Å². The van der Waals surface area contributed by atoms with Crippen molar-refractivity contribution in [3.8, 4) is 17.1 Å². The zero-order valence-corrected chi connectivity index (χ0v) is 18.0. The van der Waals surface area contributed by atoms with Crippen LogP contribution in [0.15, 0.2) is 65.2 Å². The number of hydrogen-bond donors (Lipinski definition) is 0. The highest BCUT2D eigenvalue weighted by Gasteiger charge is 2.36. The van der Waals surface area contributed by atoms with Gasteiger partial charge in [0, 0.05) is 24.2 Å². The predicted octanol–water partition coefficient (Wildman–Crippen LogP) is 3.57. The first-order valence-electron chi connectivity index (χ1n) is 10.2. The number of sulfone groups is 1. The van der Waals surface area contributed by atoms with Crippen LogP contribution in [-0.4, -0.2) is 48.5 Å². The summed E-state index contributed by atoms with van der Waals surface area (Å²) in [6.45, 7) is 2.80. The van der Waals surface area contributed by atoms with Gasteiger partial charge in [-0.3, -0.25) is 4.79 Å². The third-order valence-corrected chi connectivity index (χ3v) is 7.04. The molecule has 31 heavy (non-hydrogen) atoms. The first-order chi connectivity index (χ1) is 14.9. The van der Waals surface area contributed by atoms with E-state index < -0.39 is 9.84 Å². The van der Waals surface area contributed by atoms with Crippen LogP contribution in [0.5, 0.6) is 5.75 Å². The largest absolute Gasteiger partial charge is 0.494 e. The molecule has 0 spiro atoms. The number of hydrogen-bond acceptors (Lipinski definition) is 6. The van der Waals surface area contributed by atoms with Crippen molar-refractivity contribution in [1.82, 2.24) is 10.1 Å². The van der Waals surface area contributed by atoms with Crippen LogP contribution < -0.4 is 4.74 Å². The Kier molecular flexibility index (Phi) is 6.08. The number of ether oxygens (including phenoxy) is 1. The molecule has 0 aliphatic carbocycles. The SMILES string of the molecule is CCOc1ccc(-c2cc(C(=O)N(Cc3ccccc3)[C@@H]3CCS(=O)(=O)C3)no2)cc1. The molecule has 0 radical (unpaired) electrons. The van der Waals surface area contributed by atoms with Gasteiger partial charge in [-0.05, 0) is 43.2 Å². The van der Waals surface area contributed by atoms with Crippen LogP contribution >= 0.6 is 0 Å². The summed E-state index contributed by atoms with van der Waals surface area (Å²) in [4.78, 5) is 14.9. The molecule has 3 aromatic rings. The highest BCUT2D eigenvalue weighted by atomic mass is 32.2. The smallest absolute Gasteiger partial charge is 0.276 e. The Balaban J connectivity index is 1.58. The maximum absolute atomic E-state index is 13.3. The zero-order chi connectivity index (χ0) is 21.8. The Labute approximate surface area is 181 Å². The fraction of sp³-hybridized carbons (Fsp3) is 0.304. The van der Waals surface area contributed by atoms with Gasteiger partial charge in [-0.1, -0.05) is 35.5 Å². The van der Waals surface area contributed by atoms with Crippen molar-refractivity contribution in [2.75, 3.05) is 18.1 Å². The molecule has 0 saturated carbocycles. The molecule has 1 aliphatic rings. The zero-order valence-electron chi connectivity index (χ0n) is 17.2. The van der Waals surface area contributed by atoms with E-state index in [1.165, 1.54) is 0 Å². The monoisotopic (exact) mass is 440 g/mol. The minimum atomic E-state index is -3.14. The van der Waals surface area contributed by atoms with Crippen molar-refractivity contribution in [1.29, 1.82) is 0 Å². The molecular weight excluding hydrogens is 416 g/mol. The molecule has 2 aromatic carbocycles. The van der Waals surface area contributed by atoms with Crippen molar-refractivity contribution < 1.29 is 22.5 Å². The predicted molar refractivity (Wildman–Crippen MR) is 116 cm³/mol. The molecule has 1 atom stereocenters. The molecule has 0 unspecified atom stereocenters. The van der Waals surface area contributed by atoms with Gasteiger partial charge in [0.1, 0.15) is 5.75 Å². The average molecular weight is 441 g/mol. The lowest BCUT2D eigenvalue weighted by molar-refractivity contribution is 0.0670. The van der Waals surface area contributed by atoms with Crippen LogP contribution in [0.3, 0.4) is 0 Å². The molecule has 162 valence electrons. The number of amides is 1. The van der Waals surface area contributed by atoms with Crippen LogP contribution in [0, 0.1) is 0 Å². The summed E-state index contributed by atoms with van der Waals surface area (Å²) in [6, 6.07) is 18.1. The Morgan fingerprint density at radius 1 is 1.16 bits per heavy atom. The van der Waals surface area contributed by atoms with Crippen molar-refractivity contribution in [3.63, 3.8) is 0 Å². The van der Waals surface area contributed by atoms with Crippen LogP contribution in [0.4, 0.5) is 0 Å². The quantitative estimate of drug-likeness (QED) is 0.558. The van der Waals surface area contributed by atoms with Gasteiger partial charge in [0.15, 0.2) is 21.3 Å². The number of rotatable bonds is 7. The van der Waals surface area contributed by atoms with Crippen molar-refractivity contribution in [3.05, 3.63) is 71.9 Å². The highest BCUT2D eigenvalue weighted by Crippen LogP contribution is 2.26. The minimum Gasteiger partial charge on any atom is -0.494 e. The van der Waals surface area contributed by atoms with Crippen molar-refractivity contribution in [2.24, 2.45) is 0 Å². The molecule has 1 saturated heterocycles. The van der Waals surface area contributed by atoms with Gasteiger partial charge in [0.05, 0.1) is 18.1 Å². The second kappa shape index (κ2) is 8.93. The summed E-state index contributed by atoms with van der Waals surface area (Å²) in [5, 5.41) is 3.97. The summed E-state index contributed by atoms with van der Waals surface area (Å²) < 4.78 is 34.9. The van der Waals surface area contributed by atoms with E-state index >= 15 is 0 Å². The van der Waals surface area contributed by atoms with E-state index in [0.717, 1.165) is 16.9 Å². The summed E-state index contributed by atoms with van der Waals surface area (Å²) in [5.74, 6) is 0.928. The summed E-state index contributed by atoms with van der Waals surface area (Å²) in [6.07, 6.45) is 0.421. The summed E-state index contributed by atoms with van der Waals surface area (Å²) in [7, 11) is -3.14. The van der Waals surface area contributed by atoms with Gasteiger partial charge in [-0.2, -0.15) is 0 Å². The average Bonchev–Trinajstić information content (AvgIpc) is 3.40. The van der Waals surface area contributed by atoms with E-state index in [1.807, 2.05) is 61.5 Å². The fourth-order valence-corrected chi connectivity index (χ4v) is 5.44. The maximum Gasteiger partial charge on any atom is 0.276 e. The molecule has 2 heterocycles. The van der Waals surface area contributed by atoms with Gasteiger partial charge in [0.2, 0.25) is 0 Å². The van der Waals surface area contributed by atoms with Gasteiger partial charge >= 0.3 is 0 Å². The number of benzene rings is 2. The van der Waals surface area contributed by atoms with Crippen LogP contribution in [0.1, 0.15) is 29.4 Å². The van der Waals surface area contributed by atoms with E-state index in [2.05, 4.69) is 5.16 Å². The van der Waals surface area contributed by atoms with Crippen LogP contribution in [-0.2, 0) is 16.4 Å². The first-order valence-corrected chi connectivity index (χ1v) is 12.0. The third kappa shape index (κ3) is 4.96. The molecule has 0 bridgehead atoms. The summed E-state index contributed by atoms with van der Waals surface area (Å²) in [5.41, 5.74) is 1.85. The number of carbonyl (C=O) groups excluding carboxylic acids is 1. The topological polar surface area (TPSA) is 89.7 Å². The molecule has 0 N–H and O–H groups in total. The highest BCUT2D eigenvalue weighted by molar-refractivity contribution is 7.91. The molecule has 1 aliphatic heterocycles. The Morgan fingerprint density at radius 3 is 2.55 bits per heavy atom. The van der Waals surface area contributed by atoms with E-state index in [0.29, 0.717) is 25.3 Å². The van der Waals surface area contributed by atoms with Crippen molar-refractivity contribution in [2.45, 2.75) is 25.9 Å². The Hall–Kier alpha value is -3.13. The molecular formula is C23H24N2O5S. The van der Waals surface area contributed by atoms with Crippen molar-refractivity contribution >= 4 is 15.7 Å². The Morgan fingerprint density at radius 2 is 1.90 bits per heavy atom. The van der Waals surface area contributed by atoms with E-state index in [1.54, 1.807) is 11.0 Å². The van der Waals surface area contributed by atoms with Gasteiger partial charge in [-0.15, -0.1) is 0 Å². The second-order valence-electron chi connectivity index (χ2n) is 7.51. The normalized spacial score (nSPS) is 17.4. The van der Waals surface area contributed by atoms with Gasteiger partial charge in [0.25, 0.3) is 5.91 Å². The summed E-state index contributed by atoms with van der Waals surface area (Å²) >= 11 is 0. The van der Waals surface area contributed by atoms with Gasteiger partial charge in [-0.25, -0.2) is 8.42 Å². The van der Waals surface area contributed by atoms with E-state index in [-0.39, 0.29) is 29.1 Å². The number of aromatic nitrogens is 1. The van der Waals surface area contributed by atoms with Crippen LogP contribution in [0.25, 0.3) is 11.3 Å². The molecule has 1 aromatic heterocycles. The van der Waals surface area contributed by atoms with Gasteiger partial charge < -0.3 is 14.2 Å². The van der Waals surface area contributed by atoms with Crippen LogP contribution in [0.2, 0.25) is 0 Å². The lowest BCUT2D eigenvalue weighted by Crippen LogP contribution is -2.40. The van der Waals surface area contributed by atoms with E-state index in [4.69, 9.17) is 9.26 Å². The maximum atomic E-state index is 13.3. The molecule has 4 rings (SSSR count). The molecule has 8 heteroatoms. The molecule has 1 amide bonds. The first kappa shape index (κ1) is 21.1. The third-order valence-electron chi connectivity index (χ3n) is 5.28. The second-order valence-corrected chi connectivity index (χ2v) is 9.74. The fourth-order valence-electron chi connectivity index (χ4n) is 3.71. The Bertz CT molecular complexity index is 1140. The lowest BCUT2D eigenvalue weighted by Gasteiger charge is -2.27. The molecule has 7 nitrogen and oxygen atoms in total. The number of carbonyl (C=O) groups is 1. The minimum absolute atomic E-state index is 0.0326. The molecule has 1 fully saturated rings. The standard InChI is InChI=1S/C23H24N2O5S/c1-2-29-20-10-8-18(9-11-20)22-14-21(24-30-22)23(26)25(15-17-6-4-3-5-7-17)19-12-13-31(27,28)16-19/h3-11,14,19H,2,12-13,15-16H2,1H3/t19-/m1/s1.